The van der Waals surface area contributed by atoms with Gasteiger partial charge in [0.25, 0.3) is 0 Å². The van der Waals surface area contributed by atoms with Crippen molar-refractivity contribution >= 4 is 12.0 Å². The van der Waals surface area contributed by atoms with Gasteiger partial charge in [0.05, 0.1) is 25.7 Å². The van der Waals surface area contributed by atoms with E-state index in [0.29, 0.717) is 6.61 Å². The minimum atomic E-state index is -0.589. The normalized spacial score (nSPS) is 19.7. The van der Waals surface area contributed by atoms with Crippen LogP contribution in [-0.4, -0.2) is 29.5 Å². The first-order valence-electron chi connectivity index (χ1n) is 8.36. The van der Waals surface area contributed by atoms with Gasteiger partial charge in [-0.05, 0) is 18.1 Å². The summed E-state index contributed by atoms with van der Waals surface area (Å²) in [6.07, 6.45) is -0.870. The summed E-state index contributed by atoms with van der Waals surface area (Å²) in [5, 5.41) is 0. The van der Waals surface area contributed by atoms with Crippen molar-refractivity contribution in [3.8, 4) is 0 Å². The average molecular weight is 339 g/mol. The van der Waals surface area contributed by atoms with E-state index >= 15 is 0 Å². The molecule has 1 fully saturated rings. The molecule has 0 saturated carbocycles. The maximum atomic E-state index is 12.4. The molecule has 2 aromatic carbocycles. The van der Waals surface area contributed by atoms with Crippen LogP contribution in [0.3, 0.4) is 0 Å². The van der Waals surface area contributed by atoms with Gasteiger partial charge in [-0.1, -0.05) is 60.7 Å². The molecule has 0 aromatic heterocycles. The van der Waals surface area contributed by atoms with Crippen molar-refractivity contribution in [3.05, 3.63) is 71.8 Å². The molecule has 0 spiro atoms. The van der Waals surface area contributed by atoms with Gasteiger partial charge in [-0.3, -0.25) is 4.79 Å². The molecule has 0 radical (unpaired) electrons. The monoisotopic (exact) mass is 339 g/mol. The predicted molar refractivity (Wildman–Crippen MR) is 92.7 cm³/mol. The van der Waals surface area contributed by atoms with E-state index in [4.69, 9.17) is 9.47 Å². The molecule has 1 saturated heterocycles. The van der Waals surface area contributed by atoms with Crippen LogP contribution in [0.25, 0.3) is 0 Å². The second kappa shape index (κ2) is 7.94. The van der Waals surface area contributed by atoms with E-state index < -0.39 is 12.2 Å². The fourth-order valence-corrected chi connectivity index (χ4v) is 2.93. The number of carbonyl (C=O) groups is 2. The fraction of sp³-hybridized carbons (Fsp3) is 0.300. The molecule has 0 unspecified atom stereocenters. The van der Waals surface area contributed by atoms with E-state index in [2.05, 4.69) is 0 Å². The van der Waals surface area contributed by atoms with Crippen molar-refractivity contribution in [2.45, 2.75) is 32.1 Å². The van der Waals surface area contributed by atoms with E-state index in [9.17, 15) is 9.59 Å². The molecule has 3 rings (SSSR count). The van der Waals surface area contributed by atoms with Crippen LogP contribution in [-0.2, 0) is 20.9 Å². The Labute approximate surface area is 147 Å². The smallest absolute Gasteiger partial charge is 0.417 e. The number of hydrogen-bond donors (Lipinski definition) is 0. The van der Waals surface area contributed by atoms with Gasteiger partial charge in [0.2, 0.25) is 5.91 Å². The van der Waals surface area contributed by atoms with E-state index in [1.54, 1.807) is 0 Å². The first kappa shape index (κ1) is 17.2. The third-order valence-corrected chi connectivity index (χ3v) is 4.24. The Hall–Kier alpha value is -2.66. The maximum Gasteiger partial charge on any atom is 0.417 e. The summed E-state index contributed by atoms with van der Waals surface area (Å²) in [4.78, 5) is 25.7. The number of benzene rings is 2. The van der Waals surface area contributed by atoms with Gasteiger partial charge < -0.3 is 9.47 Å². The van der Waals surface area contributed by atoms with Gasteiger partial charge in [-0.25, -0.2) is 9.69 Å². The molecule has 0 bridgehead atoms. The number of rotatable bonds is 6. The van der Waals surface area contributed by atoms with Crippen molar-refractivity contribution in [3.63, 3.8) is 0 Å². The molecular weight excluding hydrogens is 318 g/mol. The van der Waals surface area contributed by atoms with Gasteiger partial charge in [0.15, 0.2) is 0 Å². The van der Waals surface area contributed by atoms with Crippen LogP contribution in [0.4, 0.5) is 4.79 Å². The summed E-state index contributed by atoms with van der Waals surface area (Å²) in [5.41, 5.74) is 1.94. The highest BCUT2D eigenvalue weighted by atomic mass is 16.6. The predicted octanol–water partition coefficient (Wildman–Crippen LogP) is 3.70. The Bertz CT molecular complexity index is 717. The molecule has 2 aromatic rings. The van der Waals surface area contributed by atoms with Gasteiger partial charge in [0.1, 0.15) is 6.10 Å². The van der Waals surface area contributed by atoms with E-state index in [1.165, 1.54) is 4.90 Å². The van der Waals surface area contributed by atoms with Gasteiger partial charge >= 0.3 is 6.09 Å². The summed E-state index contributed by atoms with van der Waals surface area (Å²) < 4.78 is 10.9. The summed E-state index contributed by atoms with van der Waals surface area (Å²) in [7, 11) is 0. The second-order valence-electron chi connectivity index (χ2n) is 6.01. The maximum absolute atomic E-state index is 12.4. The highest BCUT2D eigenvalue weighted by molar-refractivity contribution is 5.93. The first-order valence-corrected chi connectivity index (χ1v) is 8.36. The Morgan fingerprint density at radius 3 is 2.40 bits per heavy atom. The van der Waals surface area contributed by atoms with Crippen LogP contribution in [0.2, 0.25) is 0 Å². The number of cyclic esters (lactones) is 1. The van der Waals surface area contributed by atoms with Crippen molar-refractivity contribution < 1.29 is 19.1 Å². The van der Waals surface area contributed by atoms with Crippen molar-refractivity contribution in [2.24, 2.45) is 0 Å². The zero-order valence-electron chi connectivity index (χ0n) is 14.1. The number of amides is 2. The highest BCUT2D eigenvalue weighted by Crippen LogP contribution is 2.32. The van der Waals surface area contributed by atoms with Crippen molar-refractivity contribution in [1.29, 1.82) is 0 Å². The molecule has 2 atom stereocenters. The molecule has 1 heterocycles. The largest absolute Gasteiger partial charge is 0.439 e. The van der Waals surface area contributed by atoms with Crippen LogP contribution >= 0.6 is 0 Å². The quantitative estimate of drug-likeness (QED) is 0.753. The Kier molecular flexibility index (Phi) is 5.46. The summed E-state index contributed by atoms with van der Waals surface area (Å²) in [5.74, 6) is -0.274. The van der Waals surface area contributed by atoms with Crippen LogP contribution in [0.5, 0.6) is 0 Å². The van der Waals surface area contributed by atoms with Crippen LogP contribution in [0, 0.1) is 0 Å². The Morgan fingerprint density at radius 1 is 1.08 bits per heavy atom. The lowest BCUT2D eigenvalue weighted by molar-refractivity contribution is -0.130. The summed E-state index contributed by atoms with van der Waals surface area (Å²) in [6, 6.07) is 18.9. The number of ether oxygens (including phenoxy) is 2. The molecule has 0 aliphatic carbocycles. The van der Waals surface area contributed by atoms with E-state index in [-0.39, 0.29) is 25.0 Å². The molecule has 2 amide bonds. The van der Waals surface area contributed by atoms with E-state index in [0.717, 1.165) is 11.1 Å². The topological polar surface area (TPSA) is 55.8 Å². The molecule has 5 heteroatoms. The minimum Gasteiger partial charge on any atom is -0.439 e. The molecule has 25 heavy (non-hydrogen) atoms. The number of carbonyl (C=O) groups excluding carboxylic acids is 2. The van der Waals surface area contributed by atoms with E-state index in [1.807, 2.05) is 67.6 Å². The third-order valence-electron chi connectivity index (χ3n) is 4.24. The van der Waals surface area contributed by atoms with Crippen LogP contribution in [0.1, 0.15) is 30.6 Å². The first-order chi connectivity index (χ1) is 12.2. The summed E-state index contributed by atoms with van der Waals surface area (Å²) >= 11 is 0. The fourth-order valence-electron chi connectivity index (χ4n) is 2.93. The Balaban J connectivity index is 1.52. The number of nitrogens with zero attached hydrogens (tertiary/aromatic N) is 1. The highest BCUT2D eigenvalue weighted by Gasteiger charge is 2.42. The SMILES string of the molecule is C[C@@H]1[C@H](c2ccccc2)OC(=O)N1C(=O)CCOCc1ccccc1. The number of imide groups is 1. The average Bonchev–Trinajstić information content (AvgIpc) is 2.94. The van der Waals surface area contributed by atoms with Crippen LogP contribution < -0.4 is 0 Å². The molecule has 1 aliphatic rings. The molecule has 0 N–H and O–H groups in total. The van der Waals surface area contributed by atoms with Gasteiger partial charge in [-0.15, -0.1) is 0 Å². The van der Waals surface area contributed by atoms with Gasteiger partial charge in [0, 0.05) is 0 Å². The van der Waals surface area contributed by atoms with Crippen molar-refractivity contribution in [2.75, 3.05) is 6.61 Å². The van der Waals surface area contributed by atoms with Gasteiger partial charge in [-0.2, -0.15) is 0 Å². The lowest BCUT2D eigenvalue weighted by atomic mass is 10.0. The minimum absolute atomic E-state index is 0.147. The summed E-state index contributed by atoms with van der Waals surface area (Å²) in [6.45, 7) is 2.53. The standard InChI is InChI=1S/C20H21NO4/c1-15-19(17-10-6-3-7-11-17)25-20(23)21(15)18(22)12-13-24-14-16-8-4-2-5-9-16/h2-11,15,19H,12-14H2,1H3/t15-,19-/m1/s1. The van der Waals surface area contributed by atoms with Crippen LogP contribution in [0.15, 0.2) is 60.7 Å². The lowest BCUT2D eigenvalue weighted by Gasteiger charge is -2.19. The van der Waals surface area contributed by atoms with Crippen molar-refractivity contribution in [1.82, 2.24) is 4.90 Å². The number of hydrogen-bond acceptors (Lipinski definition) is 4. The second-order valence-corrected chi connectivity index (χ2v) is 6.01. The molecule has 1 aliphatic heterocycles. The Morgan fingerprint density at radius 2 is 1.72 bits per heavy atom. The zero-order valence-corrected chi connectivity index (χ0v) is 14.1. The molecular formula is C20H21NO4. The molecule has 5 nitrogen and oxygen atoms in total. The lowest BCUT2D eigenvalue weighted by Crippen LogP contribution is -2.38. The zero-order chi connectivity index (χ0) is 17.6. The molecule has 130 valence electrons. The third kappa shape index (κ3) is 4.06.